The Labute approximate surface area is 253 Å². The minimum absolute atomic E-state index is 0.313. The summed E-state index contributed by atoms with van der Waals surface area (Å²) in [7, 11) is -3.31. The van der Waals surface area contributed by atoms with Crippen molar-refractivity contribution in [1.29, 1.82) is 0 Å². The van der Waals surface area contributed by atoms with Crippen molar-refractivity contribution in [3.8, 4) is 0 Å². The van der Waals surface area contributed by atoms with E-state index in [9.17, 15) is 0 Å². The van der Waals surface area contributed by atoms with E-state index in [0.717, 1.165) is 42.1 Å². The summed E-state index contributed by atoms with van der Waals surface area (Å²) in [5, 5.41) is 0.628. The van der Waals surface area contributed by atoms with Crippen LogP contribution in [0.4, 0.5) is 0 Å². The van der Waals surface area contributed by atoms with Crippen molar-refractivity contribution in [2.75, 3.05) is 6.61 Å². The molecular weight excluding hydrogens is 521 g/mol. The van der Waals surface area contributed by atoms with Gasteiger partial charge in [0.2, 0.25) is 0 Å². The minimum atomic E-state index is -1.69. The highest BCUT2D eigenvalue weighted by Gasteiger charge is 2.61. The average Bonchev–Trinajstić information content (AvgIpc) is 3.17. The van der Waals surface area contributed by atoms with Gasteiger partial charge in [0.1, 0.15) is 0 Å². The Kier molecular flexibility index (Phi) is 9.45. The minimum Gasteiger partial charge on any atom is -0.417 e. The lowest BCUT2D eigenvalue weighted by atomic mass is 9.44. The molecule has 4 fully saturated rings. The molecule has 40 heavy (non-hydrogen) atoms. The molecule has 0 spiro atoms. The Balaban J connectivity index is 1.35. The third-order valence-electron chi connectivity index (χ3n) is 14.7. The summed E-state index contributed by atoms with van der Waals surface area (Å²) in [6, 6.07) is 0. The molecule has 0 amide bonds. The predicted molar refractivity (Wildman–Crippen MR) is 179 cm³/mol. The van der Waals surface area contributed by atoms with Crippen LogP contribution in [0.25, 0.3) is 0 Å². The van der Waals surface area contributed by atoms with Crippen LogP contribution in [-0.4, -0.2) is 29.3 Å². The van der Waals surface area contributed by atoms with Crippen LogP contribution in [0.15, 0.2) is 0 Å². The third kappa shape index (κ3) is 6.14. The third-order valence-corrected chi connectivity index (χ3v) is 23.8. The van der Waals surface area contributed by atoms with Crippen molar-refractivity contribution in [2.45, 2.75) is 175 Å². The largest absolute Gasteiger partial charge is 0.417 e. The van der Waals surface area contributed by atoms with Crippen LogP contribution in [0.1, 0.15) is 133 Å². The summed E-state index contributed by atoms with van der Waals surface area (Å²) < 4.78 is 13.6. The Morgan fingerprint density at radius 2 is 1.35 bits per heavy atom. The van der Waals surface area contributed by atoms with E-state index in [0.29, 0.717) is 27.0 Å². The summed E-state index contributed by atoms with van der Waals surface area (Å²) in [6.45, 7) is 33.0. The normalized spacial score (nSPS) is 39.8. The van der Waals surface area contributed by atoms with E-state index in [4.69, 9.17) is 8.85 Å². The molecule has 0 unspecified atom stereocenters. The molecule has 4 aliphatic rings. The molecule has 0 bridgehead atoms. The Bertz CT molecular complexity index is 869. The van der Waals surface area contributed by atoms with E-state index in [1.165, 1.54) is 70.6 Å². The summed E-state index contributed by atoms with van der Waals surface area (Å²) in [6.07, 6.45) is 16.1. The first-order chi connectivity index (χ1) is 18.2. The van der Waals surface area contributed by atoms with Crippen LogP contribution in [0.3, 0.4) is 0 Å². The van der Waals surface area contributed by atoms with Crippen LogP contribution >= 0.6 is 0 Å². The van der Waals surface area contributed by atoms with Crippen molar-refractivity contribution in [3.05, 3.63) is 0 Å². The monoisotopic (exact) mass is 590 g/mol. The summed E-state index contributed by atoms with van der Waals surface area (Å²) in [4.78, 5) is 0. The van der Waals surface area contributed by atoms with Gasteiger partial charge in [0.15, 0.2) is 16.6 Å². The zero-order valence-corrected chi connectivity index (χ0v) is 31.3. The van der Waals surface area contributed by atoms with Crippen molar-refractivity contribution < 1.29 is 8.85 Å². The summed E-state index contributed by atoms with van der Waals surface area (Å²) in [5.74, 6) is 5.57. The van der Waals surface area contributed by atoms with Crippen LogP contribution < -0.4 is 0 Å². The topological polar surface area (TPSA) is 18.5 Å². The molecule has 0 aromatic heterocycles. The van der Waals surface area contributed by atoms with Crippen molar-refractivity contribution in [1.82, 2.24) is 0 Å². The van der Waals surface area contributed by atoms with Crippen molar-refractivity contribution >= 4 is 16.6 Å². The quantitative estimate of drug-likeness (QED) is 0.207. The lowest BCUT2D eigenvalue weighted by molar-refractivity contribution is -0.127. The Morgan fingerprint density at radius 1 is 0.750 bits per heavy atom. The van der Waals surface area contributed by atoms with E-state index >= 15 is 0 Å². The maximum Gasteiger partial charge on any atom is 0.192 e. The maximum atomic E-state index is 7.01. The highest BCUT2D eigenvalue weighted by atomic mass is 28.4. The Hall–Kier alpha value is 0.354. The SMILES string of the molecule is C[C@H](CCCO[Si](C)(C)C(C)(C)C)[C@H]1CC[C@H]2[C@@H]3CC[C@@H]4C[C@H](O[Si](C)(C)C(C)(C)C)CC[C@]4(C)[C@H]3CC[C@]12C. The Morgan fingerprint density at radius 3 is 1.98 bits per heavy atom. The average molecular weight is 591 g/mol. The molecule has 4 aliphatic carbocycles. The first-order valence-electron chi connectivity index (χ1n) is 17.5. The zero-order chi connectivity index (χ0) is 29.9. The fraction of sp³-hybridized carbons (Fsp3) is 1.00. The molecule has 234 valence electrons. The zero-order valence-electron chi connectivity index (χ0n) is 29.3. The van der Waals surface area contributed by atoms with Crippen molar-refractivity contribution in [3.63, 3.8) is 0 Å². The molecule has 0 radical (unpaired) electrons. The molecule has 0 aliphatic heterocycles. The first kappa shape index (κ1) is 33.3. The van der Waals surface area contributed by atoms with E-state index in [1.54, 1.807) is 0 Å². The van der Waals surface area contributed by atoms with Gasteiger partial charge in [-0.15, -0.1) is 0 Å². The van der Waals surface area contributed by atoms with Gasteiger partial charge >= 0.3 is 0 Å². The van der Waals surface area contributed by atoms with Crippen LogP contribution in [0.2, 0.25) is 36.3 Å². The van der Waals surface area contributed by atoms with Gasteiger partial charge in [0.25, 0.3) is 0 Å². The number of hydrogen-bond donors (Lipinski definition) is 0. The molecule has 0 aromatic carbocycles. The molecule has 0 aromatic rings. The van der Waals surface area contributed by atoms with Gasteiger partial charge in [-0.25, -0.2) is 0 Å². The van der Waals surface area contributed by atoms with Gasteiger partial charge in [-0.2, -0.15) is 0 Å². The van der Waals surface area contributed by atoms with Gasteiger partial charge in [-0.3, -0.25) is 0 Å². The summed E-state index contributed by atoms with van der Waals surface area (Å²) >= 11 is 0. The molecular formula is C36H70O2Si2. The molecule has 0 saturated heterocycles. The molecule has 2 nitrogen and oxygen atoms in total. The fourth-order valence-electron chi connectivity index (χ4n) is 10.0. The highest BCUT2D eigenvalue weighted by molar-refractivity contribution is 6.74. The molecule has 9 atom stereocenters. The maximum absolute atomic E-state index is 7.01. The van der Waals surface area contributed by atoms with E-state index in [1.807, 2.05) is 0 Å². The number of rotatable bonds is 8. The summed E-state index contributed by atoms with van der Waals surface area (Å²) in [5.41, 5.74) is 1.13. The second kappa shape index (κ2) is 11.4. The van der Waals surface area contributed by atoms with Gasteiger partial charge in [-0.05, 0) is 153 Å². The van der Waals surface area contributed by atoms with Crippen molar-refractivity contribution in [2.24, 2.45) is 46.3 Å². The smallest absolute Gasteiger partial charge is 0.192 e. The molecule has 0 heterocycles. The van der Waals surface area contributed by atoms with Gasteiger partial charge in [-0.1, -0.05) is 62.3 Å². The second-order valence-corrected chi connectivity index (χ2v) is 28.5. The highest BCUT2D eigenvalue weighted by Crippen LogP contribution is 2.68. The number of fused-ring (bicyclic) bond motifs is 5. The van der Waals surface area contributed by atoms with E-state index < -0.39 is 16.6 Å². The van der Waals surface area contributed by atoms with Crippen LogP contribution in [0.5, 0.6) is 0 Å². The van der Waals surface area contributed by atoms with Crippen LogP contribution in [0, 0.1) is 46.3 Å². The van der Waals surface area contributed by atoms with E-state index in [2.05, 4.69) is 88.5 Å². The molecule has 4 rings (SSSR count). The predicted octanol–water partition coefficient (Wildman–Crippen LogP) is 11.5. The lowest BCUT2D eigenvalue weighted by Crippen LogP contribution is -2.55. The van der Waals surface area contributed by atoms with E-state index in [-0.39, 0.29) is 0 Å². The van der Waals surface area contributed by atoms with Gasteiger partial charge in [0, 0.05) is 12.7 Å². The molecule has 4 saturated carbocycles. The molecule has 4 heteroatoms. The second-order valence-electron chi connectivity index (χ2n) is 18.9. The lowest BCUT2D eigenvalue weighted by Gasteiger charge is -2.61. The number of hydrogen-bond acceptors (Lipinski definition) is 2. The van der Waals surface area contributed by atoms with Crippen LogP contribution in [-0.2, 0) is 8.85 Å². The first-order valence-corrected chi connectivity index (χ1v) is 23.4. The fourth-order valence-corrected chi connectivity index (χ4v) is 12.5. The molecule has 0 N–H and O–H groups in total. The van der Waals surface area contributed by atoms with Gasteiger partial charge < -0.3 is 8.85 Å². The standard InChI is InChI=1S/C36H70O2Si2/c1-26(15-14-24-37-39(10,11)33(2,3)4)30-18-19-31-29-17-16-27-25-28(38-40(12,13)34(5,6)7)20-22-35(27,8)32(29)21-23-36(30,31)9/h26-32H,14-25H2,1-13H3/t26-,27-,28-,29+,30-,31+,32+,35+,36-/m1/s1. The van der Waals surface area contributed by atoms with Gasteiger partial charge in [0.05, 0.1) is 0 Å².